The van der Waals surface area contributed by atoms with Crippen molar-refractivity contribution in [3.05, 3.63) is 62.2 Å². The van der Waals surface area contributed by atoms with Crippen LogP contribution in [0.3, 0.4) is 0 Å². The summed E-state index contributed by atoms with van der Waals surface area (Å²) in [4.78, 5) is 35.8. The highest BCUT2D eigenvalue weighted by atomic mass is 19.1. The first-order chi connectivity index (χ1) is 9.32. The van der Waals surface area contributed by atoms with Gasteiger partial charge in [0.25, 0.3) is 5.56 Å². The first-order valence-electron chi connectivity index (χ1n) is 5.69. The van der Waals surface area contributed by atoms with Crippen molar-refractivity contribution < 1.29 is 9.18 Å². The fourth-order valence-corrected chi connectivity index (χ4v) is 1.83. The fourth-order valence-electron chi connectivity index (χ4n) is 1.83. The molecule has 1 aromatic carbocycles. The van der Waals surface area contributed by atoms with Crippen LogP contribution < -0.4 is 17.0 Å². The van der Waals surface area contributed by atoms with E-state index in [2.05, 4.69) is 0 Å². The summed E-state index contributed by atoms with van der Waals surface area (Å²) < 4.78 is 15.1. The van der Waals surface area contributed by atoms with Crippen LogP contribution in [0.25, 0.3) is 0 Å². The predicted octanol–water partition coefficient (Wildman–Crippen LogP) is 0.0363. The second-order valence-corrected chi connectivity index (χ2v) is 4.36. The van der Waals surface area contributed by atoms with Gasteiger partial charge in [0.2, 0.25) is 5.78 Å². The van der Waals surface area contributed by atoms with Crippen molar-refractivity contribution in [2.24, 2.45) is 14.1 Å². The van der Waals surface area contributed by atoms with Crippen LogP contribution in [-0.2, 0) is 14.1 Å². The van der Waals surface area contributed by atoms with E-state index < -0.39 is 22.8 Å². The van der Waals surface area contributed by atoms with Crippen molar-refractivity contribution in [3.63, 3.8) is 0 Å². The molecule has 2 aromatic rings. The van der Waals surface area contributed by atoms with Crippen LogP contribution in [0, 0.1) is 5.82 Å². The molecule has 6 nitrogen and oxygen atoms in total. The molecule has 0 unspecified atom stereocenters. The number of hydrogen-bond donors (Lipinski definition) is 1. The molecule has 0 fully saturated rings. The van der Waals surface area contributed by atoms with Gasteiger partial charge < -0.3 is 10.3 Å². The normalized spacial score (nSPS) is 10.6. The number of rotatable bonds is 2. The zero-order valence-corrected chi connectivity index (χ0v) is 10.9. The Balaban J connectivity index is 2.69. The summed E-state index contributed by atoms with van der Waals surface area (Å²) >= 11 is 0. The predicted molar refractivity (Wildman–Crippen MR) is 71.2 cm³/mol. The van der Waals surface area contributed by atoms with Crippen molar-refractivity contribution >= 4 is 11.5 Å². The maximum atomic E-state index is 13.2. The van der Waals surface area contributed by atoms with Crippen LogP contribution in [-0.4, -0.2) is 14.9 Å². The van der Waals surface area contributed by atoms with Crippen molar-refractivity contribution in [1.29, 1.82) is 0 Å². The molecule has 2 rings (SSSR count). The van der Waals surface area contributed by atoms with Crippen molar-refractivity contribution in [2.75, 3.05) is 5.73 Å². The average molecular weight is 277 g/mol. The van der Waals surface area contributed by atoms with Gasteiger partial charge in [-0.05, 0) is 18.2 Å². The van der Waals surface area contributed by atoms with Gasteiger partial charge in [0.1, 0.15) is 11.4 Å². The zero-order valence-electron chi connectivity index (χ0n) is 10.9. The lowest BCUT2D eigenvalue weighted by Gasteiger charge is -2.07. The Morgan fingerprint density at radius 2 is 1.85 bits per heavy atom. The van der Waals surface area contributed by atoms with E-state index in [1.54, 1.807) is 0 Å². The molecule has 0 bridgehead atoms. The van der Waals surface area contributed by atoms with Gasteiger partial charge >= 0.3 is 5.69 Å². The number of halogens is 1. The molecule has 0 aliphatic carbocycles. The molecule has 104 valence electrons. The summed E-state index contributed by atoms with van der Waals surface area (Å²) in [6.45, 7) is 0. The molecule has 2 N–H and O–H groups in total. The Morgan fingerprint density at radius 1 is 1.20 bits per heavy atom. The number of benzene rings is 1. The average Bonchev–Trinajstić information content (AvgIpc) is 2.42. The summed E-state index contributed by atoms with van der Waals surface area (Å²) in [5.74, 6) is -1.36. The number of aromatic nitrogens is 2. The molecular weight excluding hydrogens is 265 g/mol. The Hall–Kier alpha value is -2.70. The topological polar surface area (TPSA) is 87.1 Å². The van der Waals surface area contributed by atoms with Gasteiger partial charge in [-0.2, -0.15) is 0 Å². The van der Waals surface area contributed by atoms with E-state index in [9.17, 15) is 18.8 Å². The lowest BCUT2D eigenvalue weighted by molar-refractivity contribution is 0.103. The molecule has 0 spiro atoms. The number of nitrogens with two attached hydrogens (primary N) is 1. The number of ketones is 1. The van der Waals surface area contributed by atoms with Crippen molar-refractivity contribution in [3.8, 4) is 0 Å². The third-order valence-electron chi connectivity index (χ3n) is 2.95. The summed E-state index contributed by atoms with van der Waals surface area (Å²) in [5.41, 5.74) is 4.02. The molecule has 0 atom stereocenters. The molecule has 0 saturated heterocycles. The maximum absolute atomic E-state index is 13.2. The fraction of sp³-hybridized carbons (Fsp3) is 0.154. The van der Waals surface area contributed by atoms with Gasteiger partial charge in [-0.15, -0.1) is 0 Å². The van der Waals surface area contributed by atoms with Crippen LogP contribution >= 0.6 is 0 Å². The van der Waals surface area contributed by atoms with Gasteiger partial charge in [0, 0.05) is 31.5 Å². The Kier molecular flexibility index (Phi) is 3.27. The van der Waals surface area contributed by atoms with Crippen LogP contribution in [0.4, 0.5) is 10.1 Å². The third-order valence-corrected chi connectivity index (χ3v) is 2.95. The van der Waals surface area contributed by atoms with Crippen LogP contribution in [0.15, 0.2) is 34.0 Å². The summed E-state index contributed by atoms with van der Waals surface area (Å²) in [6.07, 6.45) is 1.12. The molecule has 0 saturated carbocycles. The molecule has 0 radical (unpaired) electrons. The molecule has 20 heavy (non-hydrogen) atoms. The minimum Gasteiger partial charge on any atom is -0.398 e. The molecule has 0 aliphatic heterocycles. The Morgan fingerprint density at radius 3 is 2.50 bits per heavy atom. The van der Waals surface area contributed by atoms with Crippen LogP contribution in [0.1, 0.15) is 15.9 Å². The smallest absolute Gasteiger partial charge is 0.330 e. The minimum absolute atomic E-state index is 0.0623. The summed E-state index contributed by atoms with van der Waals surface area (Å²) in [5, 5.41) is 0. The quantitative estimate of drug-likeness (QED) is 0.620. The van der Waals surface area contributed by atoms with Gasteiger partial charge in [0.15, 0.2) is 0 Å². The molecular formula is C13H12FN3O3. The van der Waals surface area contributed by atoms with Crippen molar-refractivity contribution in [1.82, 2.24) is 9.13 Å². The van der Waals surface area contributed by atoms with E-state index in [0.29, 0.717) is 0 Å². The van der Waals surface area contributed by atoms with Crippen molar-refractivity contribution in [2.45, 2.75) is 0 Å². The highest BCUT2D eigenvalue weighted by molar-refractivity contribution is 6.11. The SMILES string of the molecule is Cn1cc(C(=O)c2cc(F)ccc2N)c(=O)n(C)c1=O. The highest BCUT2D eigenvalue weighted by Gasteiger charge is 2.19. The largest absolute Gasteiger partial charge is 0.398 e. The maximum Gasteiger partial charge on any atom is 0.330 e. The number of anilines is 1. The molecule has 1 aromatic heterocycles. The number of aryl methyl sites for hydroxylation is 1. The summed E-state index contributed by atoms with van der Waals surface area (Å²) in [6, 6.07) is 3.32. The first-order valence-corrected chi connectivity index (χ1v) is 5.69. The minimum atomic E-state index is -0.748. The molecule has 0 aliphatic rings. The standard InChI is InChI=1S/C13H12FN3O3/c1-16-6-9(12(19)17(2)13(16)20)11(18)8-5-7(14)3-4-10(8)15/h3-6H,15H2,1-2H3. The summed E-state index contributed by atoms with van der Waals surface area (Å²) in [7, 11) is 2.67. The molecule has 1 heterocycles. The van der Waals surface area contributed by atoms with E-state index in [-0.39, 0.29) is 16.8 Å². The second-order valence-electron chi connectivity index (χ2n) is 4.36. The molecule has 0 amide bonds. The Labute approximate surface area is 112 Å². The zero-order chi connectivity index (χ0) is 15.0. The number of nitrogen functional groups attached to an aromatic ring is 1. The second kappa shape index (κ2) is 4.76. The lowest BCUT2D eigenvalue weighted by Crippen LogP contribution is -2.39. The molecule has 7 heteroatoms. The number of carbonyl (C=O) groups excluding carboxylic acids is 1. The van der Waals surface area contributed by atoms with E-state index in [1.807, 2.05) is 0 Å². The number of nitrogens with zero attached hydrogens (tertiary/aromatic N) is 2. The van der Waals surface area contributed by atoms with Gasteiger partial charge in [-0.25, -0.2) is 9.18 Å². The Bertz CT molecular complexity index is 821. The van der Waals surface area contributed by atoms with E-state index in [4.69, 9.17) is 5.73 Å². The number of carbonyl (C=O) groups is 1. The highest BCUT2D eigenvalue weighted by Crippen LogP contribution is 2.16. The van der Waals surface area contributed by atoms with E-state index >= 15 is 0 Å². The monoisotopic (exact) mass is 277 g/mol. The first kappa shape index (κ1) is 13.7. The van der Waals surface area contributed by atoms with Gasteiger partial charge in [0.05, 0.1) is 0 Å². The van der Waals surface area contributed by atoms with Gasteiger partial charge in [-0.3, -0.25) is 14.2 Å². The lowest BCUT2D eigenvalue weighted by atomic mass is 10.0. The van der Waals surface area contributed by atoms with E-state index in [0.717, 1.165) is 27.5 Å². The van der Waals surface area contributed by atoms with Gasteiger partial charge in [-0.1, -0.05) is 0 Å². The van der Waals surface area contributed by atoms with Crippen LogP contribution in [0.5, 0.6) is 0 Å². The third kappa shape index (κ3) is 2.13. The van der Waals surface area contributed by atoms with E-state index in [1.165, 1.54) is 20.2 Å². The van der Waals surface area contributed by atoms with Crippen LogP contribution in [0.2, 0.25) is 0 Å². The number of hydrogen-bond acceptors (Lipinski definition) is 4.